The van der Waals surface area contributed by atoms with E-state index in [9.17, 15) is 4.79 Å². The Kier molecular flexibility index (Phi) is 4.16. The molecule has 0 spiro atoms. The van der Waals surface area contributed by atoms with Crippen molar-refractivity contribution in [1.29, 1.82) is 0 Å². The third-order valence-corrected chi connectivity index (χ3v) is 2.93. The Bertz CT molecular complexity index is 662. The van der Waals surface area contributed by atoms with Crippen molar-refractivity contribution < 1.29 is 19.4 Å². The van der Waals surface area contributed by atoms with E-state index in [1.165, 1.54) is 10.7 Å². The number of rotatable bonds is 5. The van der Waals surface area contributed by atoms with Crippen molar-refractivity contribution in [2.45, 2.75) is 20.0 Å². The zero-order chi connectivity index (χ0) is 15.6. The van der Waals surface area contributed by atoms with Crippen LogP contribution in [0.1, 0.15) is 24.3 Å². The summed E-state index contributed by atoms with van der Waals surface area (Å²) in [4.78, 5) is 11.1. The van der Waals surface area contributed by atoms with Gasteiger partial charge in [0.1, 0.15) is 11.5 Å². The van der Waals surface area contributed by atoms with Crippen molar-refractivity contribution in [2.75, 3.05) is 7.11 Å². The molecule has 2 rings (SSSR count). The summed E-state index contributed by atoms with van der Waals surface area (Å²) in [7, 11) is 3.25. The molecule has 112 valence electrons. The zero-order valence-electron chi connectivity index (χ0n) is 12.5. The van der Waals surface area contributed by atoms with E-state index >= 15 is 0 Å². The summed E-state index contributed by atoms with van der Waals surface area (Å²) in [6.45, 7) is 3.85. The molecule has 6 nitrogen and oxygen atoms in total. The standard InChI is InChI=1S/C15H18N2O4/c1-9(2)21-13-7-5-6-12(20-4)14(13)11-8-10(15(18)19)16-17(11)3/h5-9H,1-4H3,(H,18,19). The fourth-order valence-corrected chi connectivity index (χ4v) is 2.09. The van der Waals surface area contributed by atoms with E-state index in [4.69, 9.17) is 14.6 Å². The van der Waals surface area contributed by atoms with Crippen molar-refractivity contribution in [3.05, 3.63) is 30.0 Å². The fraction of sp³-hybridized carbons (Fsp3) is 0.333. The van der Waals surface area contributed by atoms with Gasteiger partial charge in [0.25, 0.3) is 0 Å². The molecule has 1 aromatic carbocycles. The minimum atomic E-state index is -1.07. The number of methoxy groups -OCH3 is 1. The predicted molar refractivity (Wildman–Crippen MR) is 77.9 cm³/mol. The smallest absolute Gasteiger partial charge is 0.356 e. The summed E-state index contributed by atoms with van der Waals surface area (Å²) >= 11 is 0. The molecular weight excluding hydrogens is 272 g/mol. The maximum Gasteiger partial charge on any atom is 0.356 e. The maximum atomic E-state index is 11.1. The molecule has 0 radical (unpaired) electrons. The van der Waals surface area contributed by atoms with Crippen molar-refractivity contribution in [3.63, 3.8) is 0 Å². The highest BCUT2D eigenvalue weighted by Crippen LogP contribution is 2.38. The largest absolute Gasteiger partial charge is 0.496 e. The van der Waals surface area contributed by atoms with Crippen LogP contribution in [0.2, 0.25) is 0 Å². The number of benzene rings is 1. The summed E-state index contributed by atoms with van der Waals surface area (Å²) in [6.07, 6.45) is -0.0111. The highest BCUT2D eigenvalue weighted by Gasteiger charge is 2.20. The molecule has 0 aliphatic rings. The fourth-order valence-electron chi connectivity index (χ4n) is 2.09. The van der Waals surface area contributed by atoms with Crippen LogP contribution in [0, 0.1) is 0 Å². The van der Waals surface area contributed by atoms with Gasteiger partial charge in [0.2, 0.25) is 0 Å². The molecule has 0 fully saturated rings. The van der Waals surface area contributed by atoms with Gasteiger partial charge < -0.3 is 14.6 Å². The van der Waals surface area contributed by atoms with Gasteiger partial charge in [0.15, 0.2) is 5.69 Å². The Hall–Kier alpha value is -2.50. The summed E-state index contributed by atoms with van der Waals surface area (Å²) < 4.78 is 12.7. The van der Waals surface area contributed by atoms with E-state index in [0.29, 0.717) is 22.8 Å². The second-order valence-corrected chi connectivity index (χ2v) is 4.84. The van der Waals surface area contributed by atoms with E-state index in [0.717, 1.165) is 0 Å². The molecular formula is C15H18N2O4. The van der Waals surface area contributed by atoms with Crippen molar-refractivity contribution >= 4 is 5.97 Å². The number of nitrogens with zero attached hydrogens (tertiary/aromatic N) is 2. The summed E-state index contributed by atoms with van der Waals surface area (Å²) in [6, 6.07) is 6.96. The van der Waals surface area contributed by atoms with Gasteiger partial charge in [-0.2, -0.15) is 5.10 Å². The number of hydrogen-bond acceptors (Lipinski definition) is 4. The summed E-state index contributed by atoms with van der Waals surface area (Å²) in [5.41, 5.74) is 1.30. The minimum Gasteiger partial charge on any atom is -0.496 e. The van der Waals surface area contributed by atoms with Crippen LogP contribution in [-0.2, 0) is 7.05 Å². The zero-order valence-corrected chi connectivity index (χ0v) is 12.5. The molecule has 0 saturated heterocycles. The highest BCUT2D eigenvalue weighted by atomic mass is 16.5. The van der Waals surface area contributed by atoms with Gasteiger partial charge in [-0.05, 0) is 32.0 Å². The lowest BCUT2D eigenvalue weighted by molar-refractivity contribution is 0.0689. The monoisotopic (exact) mass is 290 g/mol. The molecule has 0 bridgehead atoms. The van der Waals surface area contributed by atoms with Gasteiger partial charge >= 0.3 is 5.97 Å². The second-order valence-electron chi connectivity index (χ2n) is 4.84. The van der Waals surface area contributed by atoms with Gasteiger partial charge in [0.05, 0.1) is 24.5 Å². The third kappa shape index (κ3) is 2.99. The maximum absolute atomic E-state index is 11.1. The number of hydrogen-bond donors (Lipinski definition) is 1. The number of aryl methyl sites for hydroxylation is 1. The van der Waals surface area contributed by atoms with E-state index in [2.05, 4.69) is 5.10 Å². The van der Waals surface area contributed by atoms with E-state index in [1.54, 1.807) is 20.2 Å². The van der Waals surface area contributed by atoms with Gasteiger partial charge in [-0.25, -0.2) is 4.79 Å². The first-order valence-electron chi connectivity index (χ1n) is 6.55. The van der Waals surface area contributed by atoms with Gasteiger partial charge in [0, 0.05) is 7.05 Å². The molecule has 0 atom stereocenters. The number of carboxylic acid groups (broad SMARTS) is 1. The molecule has 6 heteroatoms. The second kappa shape index (κ2) is 5.87. The third-order valence-electron chi connectivity index (χ3n) is 2.93. The Morgan fingerprint density at radius 2 is 2.00 bits per heavy atom. The molecule has 0 unspecified atom stereocenters. The van der Waals surface area contributed by atoms with E-state index in [-0.39, 0.29) is 11.8 Å². The SMILES string of the molecule is COc1cccc(OC(C)C)c1-c1cc(C(=O)O)nn1C. The molecule has 1 N–H and O–H groups in total. The average Bonchev–Trinajstić information content (AvgIpc) is 2.80. The van der Waals surface area contributed by atoms with Crippen LogP contribution in [-0.4, -0.2) is 34.1 Å². The first-order valence-corrected chi connectivity index (χ1v) is 6.55. The molecule has 2 aromatic rings. The van der Waals surface area contributed by atoms with Crippen LogP contribution < -0.4 is 9.47 Å². The van der Waals surface area contributed by atoms with E-state index in [1.807, 2.05) is 26.0 Å². The quantitative estimate of drug-likeness (QED) is 0.916. The molecule has 0 amide bonds. The molecule has 0 aliphatic carbocycles. The van der Waals surface area contributed by atoms with Crippen molar-refractivity contribution in [2.24, 2.45) is 7.05 Å². The van der Waals surface area contributed by atoms with E-state index < -0.39 is 5.97 Å². The molecule has 0 saturated carbocycles. The van der Waals surface area contributed by atoms with Crippen LogP contribution in [0.3, 0.4) is 0 Å². The number of ether oxygens (including phenoxy) is 2. The van der Waals surface area contributed by atoms with Crippen LogP contribution in [0.15, 0.2) is 24.3 Å². The van der Waals surface area contributed by atoms with Crippen LogP contribution >= 0.6 is 0 Å². The number of aromatic nitrogens is 2. The Labute approximate surface area is 122 Å². The number of carbonyl (C=O) groups is 1. The van der Waals surface area contributed by atoms with Gasteiger partial charge in [-0.1, -0.05) is 6.07 Å². The molecule has 21 heavy (non-hydrogen) atoms. The summed E-state index contributed by atoms with van der Waals surface area (Å²) in [5.74, 6) is 0.162. The topological polar surface area (TPSA) is 73.6 Å². The Morgan fingerprint density at radius 3 is 2.52 bits per heavy atom. The highest BCUT2D eigenvalue weighted by molar-refractivity contribution is 5.88. The molecule has 1 aromatic heterocycles. The van der Waals surface area contributed by atoms with Crippen LogP contribution in [0.4, 0.5) is 0 Å². The molecule has 0 aliphatic heterocycles. The summed E-state index contributed by atoms with van der Waals surface area (Å²) in [5, 5.41) is 13.1. The van der Waals surface area contributed by atoms with Crippen LogP contribution in [0.5, 0.6) is 11.5 Å². The lowest BCUT2D eigenvalue weighted by atomic mass is 10.1. The Morgan fingerprint density at radius 1 is 1.33 bits per heavy atom. The lowest BCUT2D eigenvalue weighted by Gasteiger charge is -2.16. The van der Waals surface area contributed by atoms with Crippen molar-refractivity contribution in [3.8, 4) is 22.8 Å². The number of aromatic carboxylic acids is 1. The van der Waals surface area contributed by atoms with Crippen molar-refractivity contribution in [1.82, 2.24) is 9.78 Å². The predicted octanol–water partition coefficient (Wildman–Crippen LogP) is 2.58. The Balaban J connectivity index is 2.63. The first-order chi connectivity index (χ1) is 9.93. The average molecular weight is 290 g/mol. The number of carboxylic acids is 1. The lowest BCUT2D eigenvalue weighted by Crippen LogP contribution is -2.08. The normalized spacial score (nSPS) is 10.7. The van der Waals surface area contributed by atoms with Gasteiger partial charge in [-0.3, -0.25) is 4.68 Å². The minimum absolute atomic E-state index is 0.0111. The van der Waals surface area contributed by atoms with Gasteiger partial charge in [-0.15, -0.1) is 0 Å². The van der Waals surface area contributed by atoms with Crippen LogP contribution in [0.25, 0.3) is 11.3 Å². The molecule has 1 heterocycles. The first kappa shape index (κ1) is 14.9.